The van der Waals surface area contributed by atoms with Gasteiger partial charge in [0.15, 0.2) is 0 Å². The van der Waals surface area contributed by atoms with Gasteiger partial charge in [0, 0.05) is 19.7 Å². The molecular weight excluding hydrogens is 218 g/mol. The Morgan fingerprint density at radius 1 is 1.35 bits per heavy atom. The first-order valence-electron chi connectivity index (χ1n) is 6.24. The van der Waals surface area contributed by atoms with E-state index in [0.29, 0.717) is 12.5 Å². The molecule has 0 aromatic rings. The van der Waals surface area contributed by atoms with Crippen LogP contribution >= 0.6 is 0 Å². The van der Waals surface area contributed by atoms with Crippen LogP contribution < -0.4 is 0 Å². The molecule has 1 heterocycles. The van der Waals surface area contributed by atoms with E-state index in [9.17, 15) is 9.90 Å². The third-order valence-corrected chi connectivity index (χ3v) is 3.35. The van der Waals surface area contributed by atoms with E-state index in [1.165, 1.54) is 0 Å². The van der Waals surface area contributed by atoms with Crippen molar-refractivity contribution in [3.8, 4) is 0 Å². The fraction of sp³-hybridized carbons (Fsp3) is 0.923. The highest BCUT2D eigenvalue weighted by atomic mass is 16.6. The number of amides is 1. The van der Waals surface area contributed by atoms with Gasteiger partial charge in [-0.05, 0) is 38.5 Å². The molecule has 0 aliphatic carbocycles. The predicted molar refractivity (Wildman–Crippen MR) is 66.8 cm³/mol. The first-order chi connectivity index (χ1) is 7.65. The molecule has 0 saturated carbocycles. The van der Waals surface area contributed by atoms with Gasteiger partial charge in [-0.15, -0.1) is 0 Å². The molecule has 100 valence electrons. The first-order valence-corrected chi connectivity index (χ1v) is 6.24. The van der Waals surface area contributed by atoms with Crippen molar-refractivity contribution in [2.24, 2.45) is 11.3 Å². The highest BCUT2D eigenvalue weighted by Crippen LogP contribution is 2.34. The van der Waals surface area contributed by atoms with E-state index in [2.05, 4.69) is 0 Å². The summed E-state index contributed by atoms with van der Waals surface area (Å²) in [5.74, 6) is 0.347. The smallest absolute Gasteiger partial charge is 0.410 e. The van der Waals surface area contributed by atoms with E-state index >= 15 is 0 Å². The van der Waals surface area contributed by atoms with Gasteiger partial charge in [0.25, 0.3) is 0 Å². The van der Waals surface area contributed by atoms with Crippen molar-refractivity contribution in [1.82, 2.24) is 4.90 Å². The molecule has 0 aromatic carbocycles. The summed E-state index contributed by atoms with van der Waals surface area (Å²) in [6, 6.07) is 0. The molecule has 0 aromatic heterocycles. The van der Waals surface area contributed by atoms with Crippen LogP contribution in [-0.4, -0.2) is 41.4 Å². The summed E-state index contributed by atoms with van der Waals surface area (Å²) in [6.07, 6.45) is 0.695. The molecule has 1 aliphatic heterocycles. The molecule has 0 bridgehead atoms. The number of carbonyl (C=O) groups excluding carboxylic acids is 1. The van der Waals surface area contributed by atoms with E-state index in [1.807, 2.05) is 34.6 Å². The Kier molecular flexibility index (Phi) is 4.07. The Balaban J connectivity index is 2.54. The molecule has 1 N–H and O–H groups in total. The lowest BCUT2D eigenvalue weighted by Gasteiger charge is -2.30. The molecule has 1 aliphatic rings. The van der Waals surface area contributed by atoms with Gasteiger partial charge in [0.05, 0.1) is 0 Å². The topological polar surface area (TPSA) is 49.8 Å². The minimum absolute atomic E-state index is 0.128. The molecule has 1 fully saturated rings. The van der Waals surface area contributed by atoms with Crippen molar-refractivity contribution in [3.05, 3.63) is 0 Å². The quantitative estimate of drug-likeness (QED) is 0.809. The third kappa shape index (κ3) is 3.87. The van der Waals surface area contributed by atoms with Gasteiger partial charge < -0.3 is 14.7 Å². The standard InChI is InChI=1S/C13H25NO3/c1-12(2,3)17-11(16)14-7-6-10(8-14)13(4,5)9-15/h10,15H,6-9H2,1-5H3/t10-/m0/s1. The molecule has 4 nitrogen and oxygen atoms in total. The SMILES string of the molecule is CC(C)(C)OC(=O)N1CC[C@H](C(C)(C)CO)C1. The van der Waals surface area contributed by atoms with Gasteiger partial charge in [-0.3, -0.25) is 0 Å². The van der Waals surface area contributed by atoms with Crippen LogP contribution in [0.15, 0.2) is 0 Å². The van der Waals surface area contributed by atoms with Crippen LogP contribution in [-0.2, 0) is 4.74 Å². The Labute approximate surface area is 104 Å². The van der Waals surface area contributed by atoms with Gasteiger partial charge in [-0.25, -0.2) is 4.79 Å². The average Bonchev–Trinajstić information content (AvgIpc) is 2.64. The Bertz CT molecular complexity index is 281. The van der Waals surface area contributed by atoms with Crippen LogP contribution in [0, 0.1) is 11.3 Å². The fourth-order valence-corrected chi connectivity index (χ4v) is 2.02. The maximum atomic E-state index is 11.9. The van der Waals surface area contributed by atoms with Gasteiger partial charge >= 0.3 is 6.09 Å². The van der Waals surface area contributed by atoms with Crippen LogP contribution in [0.3, 0.4) is 0 Å². The normalized spacial score (nSPS) is 21.8. The van der Waals surface area contributed by atoms with Crippen molar-refractivity contribution in [2.75, 3.05) is 19.7 Å². The third-order valence-electron chi connectivity index (χ3n) is 3.35. The lowest BCUT2D eigenvalue weighted by molar-refractivity contribution is 0.0261. The van der Waals surface area contributed by atoms with E-state index in [-0.39, 0.29) is 18.1 Å². The van der Waals surface area contributed by atoms with E-state index in [1.54, 1.807) is 4.90 Å². The van der Waals surface area contributed by atoms with Crippen molar-refractivity contribution < 1.29 is 14.6 Å². The summed E-state index contributed by atoms with van der Waals surface area (Å²) >= 11 is 0. The number of carbonyl (C=O) groups is 1. The van der Waals surface area contributed by atoms with E-state index < -0.39 is 5.60 Å². The van der Waals surface area contributed by atoms with Crippen LogP contribution in [0.25, 0.3) is 0 Å². The summed E-state index contributed by atoms with van der Waals surface area (Å²) in [7, 11) is 0. The van der Waals surface area contributed by atoms with E-state index in [0.717, 1.165) is 13.0 Å². The van der Waals surface area contributed by atoms with Gasteiger partial charge in [-0.1, -0.05) is 13.8 Å². The minimum atomic E-state index is -0.443. The zero-order valence-corrected chi connectivity index (χ0v) is 11.6. The van der Waals surface area contributed by atoms with Crippen LogP contribution in [0.4, 0.5) is 4.79 Å². The average molecular weight is 243 g/mol. The van der Waals surface area contributed by atoms with Crippen molar-refractivity contribution in [2.45, 2.75) is 46.6 Å². The zero-order chi connectivity index (χ0) is 13.3. The number of nitrogens with zero attached hydrogens (tertiary/aromatic N) is 1. The van der Waals surface area contributed by atoms with Crippen molar-refractivity contribution in [3.63, 3.8) is 0 Å². The van der Waals surface area contributed by atoms with Crippen LogP contribution in [0.2, 0.25) is 0 Å². The molecule has 1 atom stereocenters. The second-order valence-corrected chi connectivity index (χ2v) is 6.56. The maximum Gasteiger partial charge on any atom is 0.410 e. The van der Waals surface area contributed by atoms with Crippen molar-refractivity contribution >= 4 is 6.09 Å². The highest BCUT2D eigenvalue weighted by Gasteiger charge is 2.37. The number of aliphatic hydroxyl groups excluding tert-OH is 1. The van der Waals surface area contributed by atoms with E-state index in [4.69, 9.17) is 4.74 Å². The molecule has 1 rings (SSSR count). The number of hydrogen-bond donors (Lipinski definition) is 1. The minimum Gasteiger partial charge on any atom is -0.444 e. The number of aliphatic hydroxyl groups is 1. The summed E-state index contributed by atoms with van der Waals surface area (Å²) in [5, 5.41) is 9.33. The summed E-state index contributed by atoms with van der Waals surface area (Å²) in [6.45, 7) is 11.3. The Morgan fingerprint density at radius 3 is 2.41 bits per heavy atom. The van der Waals surface area contributed by atoms with Crippen LogP contribution in [0.1, 0.15) is 41.0 Å². The predicted octanol–water partition coefficient (Wildman–Crippen LogP) is 2.26. The number of hydrogen-bond acceptors (Lipinski definition) is 3. The summed E-state index contributed by atoms with van der Waals surface area (Å²) in [4.78, 5) is 13.6. The van der Waals surface area contributed by atoms with Crippen molar-refractivity contribution in [1.29, 1.82) is 0 Å². The first kappa shape index (κ1) is 14.3. The molecule has 1 amide bonds. The number of likely N-dealkylation sites (tertiary alicyclic amines) is 1. The molecule has 0 radical (unpaired) electrons. The Morgan fingerprint density at radius 2 is 1.94 bits per heavy atom. The summed E-state index contributed by atoms with van der Waals surface area (Å²) in [5.41, 5.74) is -0.571. The van der Waals surface area contributed by atoms with Gasteiger partial charge in [-0.2, -0.15) is 0 Å². The summed E-state index contributed by atoms with van der Waals surface area (Å²) < 4.78 is 5.34. The second kappa shape index (κ2) is 4.84. The van der Waals surface area contributed by atoms with Gasteiger partial charge in [0.1, 0.15) is 5.60 Å². The number of ether oxygens (including phenoxy) is 1. The lowest BCUT2D eigenvalue weighted by Crippen LogP contribution is -2.37. The molecule has 0 spiro atoms. The second-order valence-electron chi connectivity index (χ2n) is 6.56. The van der Waals surface area contributed by atoms with Gasteiger partial charge in [0.2, 0.25) is 0 Å². The monoisotopic (exact) mass is 243 g/mol. The maximum absolute atomic E-state index is 11.9. The van der Waals surface area contributed by atoms with Crippen LogP contribution in [0.5, 0.6) is 0 Å². The molecule has 17 heavy (non-hydrogen) atoms. The molecule has 4 heteroatoms. The number of rotatable bonds is 2. The highest BCUT2D eigenvalue weighted by molar-refractivity contribution is 5.68. The Hall–Kier alpha value is -0.770. The zero-order valence-electron chi connectivity index (χ0n) is 11.6. The molecule has 1 saturated heterocycles. The molecule has 0 unspecified atom stereocenters. The largest absolute Gasteiger partial charge is 0.444 e. The molecular formula is C13H25NO3. The lowest BCUT2D eigenvalue weighted by atomic mass is 9.79. The fourth-order valence-electron chi connectivity index (χ4n) is 2.02.